The van der Waals surface area contributed by atoms with Crippen molar-refractivity contribution in [1.29, 1.82) is 0 Å². The van der Waals surface area contributed by atoms with Crippen LogP contribution in [0, 0.1) is 12.8 Å². The zero-order valence-electron chi connectivity index (χ0n) is 10.3. The molecule has 4 heteroatoms. The number of nitrogens with two attached hydrogens (primary N) is 1. The molecule has 0 aliphatic heterocycles. The Morgan fingerprint density at radius 2 is 2.06 bits per heavy atom. The summed E-state index contributed by atoms with van der Waals surface area (Å²) in [5.74, 6) is -0.352. The molecule has 1 amide bonds. The number of rotatable bonds is 5. The van der Waals surface area contributed by atoms with Gasteiger partial charge in [-0.3, -0.25) is 9.59 Å². The maximum atomic E-state index is 11.4. The van der Waals surface area contributed by atoms with Crippen molar-refractivity contribution in [3.05, 3.63) is 29.3 Å². The number of carbonyl (C=O) groups is 2. The van der Waals surface area contributed by atoms with E-state index in [1.165, 1.54) is 6.92 Å². The van der Waals surface area contributed by atoms with Crippen molar-refractivity contribution >= 4 is 11.7 Å². The second kappa shape index (κ2) is 5.48. The molecule has 0 fully saturated rings. The average molecular weight is 235 g/mol. The molecule has 92 valence electrons. The van der Waals surface area contributed by atoms with Gasteiger partial charge in [-0.1, -0.05) is 13.0 Å². The molecule has 2 N–H and O–H groups in total. The summed E-state index contributed by atoms with van der Waals surface area (Å²) < 4.78 is 5.48. The quantitative estimate of drug-likeness (QED) is 0.790. The number of carbonyl (C=O) groups excluding carboxylic acids is 2. The number of amides is 1. The van der Waals surface area contributed by atoms with Gasteiger partial charge in [-0.25, -0.2) is 0 Å². The van der Waals surface area contributed by atoms with E-state index in [0.717, 1.165) is 5.56 Å². The molecule has 0 aromatic heterocycles. The van der Waals surface area contributed by atoms with E-state index in [0.29, 0.717) is 11.3 Å². The van der Waals surface area contributed by atoms with E-state index in [1.54, 1.807) is 19.1 Å². The first-order valence-electron chi connectivity index (χ1n) is 5.45. The van der Waals surface area contributed by atoms with Crippen molar-refractivity contribution in [1.82, 2.24) is 0 Å². The number of Topliss-reactive ketones (excluding diaryl/α,β-unsaturated/α-hetero) is 1. The van der Waals surface area contributed by atoms with E-state index < -0.39 is 5.91 Å². The number of primary amides is 1. The van der Waals surface area contributed by atoms with Crippen LogP contribution in [0.2, 0.25) is 0 Å². The first kappa shape index (κ1) is 13.2. The Balaban J connectivity index is 2.85. The summed E-state index contributed by atoms with van der Waals surface area (Å²) in [4.78, 5) is 22.3. The van der Waals surface area contributed by atoms with Gasteiger partial charge in [-0.05, 0) is 31.5 Å². The van der Waals surface area contributed by atoms with Gasteiger partial charge in [0.2, 0.25) is 5.91 Å². The van der Waals surface area contributed by atoms with Gasteiger partial charge in [0.15, 0.2) is 5.78 Å². The third-order valence-electron chi connectivity index (χ3n) is 2.49. The molecule has 0 aliphatic rings. The predicted molar refractivity (Wildman–Crippen MR) is 65.0 cm³/mol. The lowest BCUT2D eigenvalue weighted by Gasteiger charge is -2.13. The highest BCUT2D eigenvalue weighted by atomic mass is 16.5. The highest BCUT2D eigenvalue weighted by Gasteiger charge is 2.13. The van der Waals surface area contributed by atoms with Crippen LogP contribution in [-0.2, 0) is 4.79 Å². The van der Waals surface area contributed by atoms with Gasteiger partial charge in [0.1, 0.15) is 5.75 Å². The summed E-state index contributed by atoms with van der Waals surface area (Å²) in [7, 11) is 0. The Bertz CT molecular complexity index is 440. The number of ether oxygens (including phenoxy) is 1. The van der Waals surface area contributed by atoms with E-state index in [9.17, 15) is 9.59 Å². The van der Waals surface area contributed by atoms with Crippen molar-refractivity contribution in [2.24, 2.45) is 11.7 Å². The van der Waals surface area contributed by atoms with Crippen molar-refractivity contribution in [2.75, 3.05) is 6.61 Å². The number of benzene rings is 1. The molecule has 17 heavy (non-hydrogen) atoms. The van der Waals surface area contributed by atoms with E-state index in [1.807, 2.05) is 13.0 Å². The van der Waals surface area contributed by atoms with Crippen LogP contribution in [0.15, 0.2) is 18.2 Å². The molecule has 1 atom stereocenters. The van der Waals surface area contributed by atoms with Gasteiger partial charge in [0, 0.05) is 0 Å². The maximum Gasteiger partial charge on any atom is 0.223 e. The average Bonchev–Trinajstić information content (AvgIpc) is 2.25. The lowest BCUT2D eigenvalue weighted by atomic mass is 10.1. The SMILES string of the molecule is CC(=O)c1ccc(C)cc1OCC(C)C(N)=O. The van der Waals surface area contributed by atoms with Gasteiger partial charge >= 0.3 is 0 Å². The Morgan fingerprint density at radius 1 is 1.41 bits per heavy atom. The number of aryl methyl sites for hydroxylation is 1. The van der Waals surface area contributed by atoms with E-state index in [4.69, 9.17) is 10.5 Å². The molecular weight excluding hydrogens is 218 g/mol. The van der Waals surface area contributed by atoms with Crippen LogP contribution in [0.1, 0.15) is 29.8 Å². The number of hydrogen-bond donors (Lipinski definition) is 1. The van der Waals surface area contributed by atoms with Crippen molar-refractivity contribution < 1.29 is 14.3 Å². The third kappa shape index (κ3) is 3.59. The number of hydrogen-bond acceptors (Lipinski definition) is 3. The normalized spacial score (nSPS) is 11.9. The molecule has 1 aromatic carbocycles. The minimum Gasteiger partial charge on any atom is -0.492 e. The zero-order chi connectivity index (χ0) is 13.0. The van der Waals surface area contributed by atoms with Crippen molar-refractivity contribution in [3.63, 3.8) is 0 Å². The molecular formula is C13H17NO3. The summed E-state index contributed by atoms with van der Waals surface area (Å²) in [5, 5.41) is 0. The van der Waals surface area contributed by atoms with Gasteiger partial charge < -0.3 is 10.5 Å². The molecule has 0 spiro atoms. The molecule has 0 saturated carbocycles. The lowest BCUT2D eigenvalue weighted by molar-refractivity contribution is -0.122. The lowest BCUT2D eigenvalue weighted by Crippen LogP contribution is -2.26. The van der Waals surface area contributed by atoms with E-state index in [2.05, 4.69) is 0 Å². The predicted octanol–water partition coefficient (Wildman–Crippen LogP) is 1.70. The molecule has 4 nitrogen and oxygen atoms in total. The fourth-order valence-electron chi connectivity index (χ4n) is 1.34. The summed E-state index contributed by atoms with van der Waals surface area (Å²) in [5.41, 5.74) is 6.66. The van der Waals surface area contributed by atoms with E-state index in [-0.39, 0.29) is 18.3 Å². The van der Waals surface area contributed by atoms with Crippen molar-refractivity contribution in [3.8, 4) is 5.75 Å². The molecule has 1 rings (SSSR count). The summed E-state index contributed by atoms with van der Waals surface area (Å²) in [6, 6.07) is 5.35. The maximum absolute atomic E-state index is 11.4. The summed E-state index contributed by atoms with van der Waals surface area (Å²) in [6.07, 6.45) is 0. The van der Waals surface area contributed by atoms with Crippen LogP contribution in [0.25, 0.3) is 0 Å². The molecule has 1 unspecified atom stereocenters. The second-order valence-corrected chi connectivity index (χ2v) is 4.17. The van der Waals surface area contributed by atoms with E-state index >= 15 is 0 Å². The minimum atomic E-state index is -0.415. The van der Waals surface area contributed by atoms with Crippen LogP contribution in [0.4, 0.5) is 0 Å². The molecule has 0 radical (unpaired) electrons. The zero-order valence-corrected chi connectivity index (χ0v) is 10.3. The van der Waals surface area contributed by atoms with Crippen LogP contribution in [-0.4, -0.2) is 18.3 Å². The Labute approximate surface area is 101 Å². The first-order chi connectivity index (χ1) is 7.91. The van der Waals surface area contributed by atoms with Crippen LogP contribution in [0.3, 0.4) is 0 Å². The smallest absolute Gasteiger partial charge is 0.223 e. The van der Waals surface area contributed by atoms with Crippen LogP contribution < -0.4 is 10.5 Å². The first-order valence-corrected chi connectivity index (χ1v) is 5.45. The largest absolute Gasteiger partial charge is 0.492 e. The molecule has 0 saturated heterocycles. The Hall–Kier alpha value is -1.84. The summed E-state index contributed by atoms with van der Waals surface area (Å²) >= 11 is 0. The molecule has 0 aliphatic carbocycles. The minimum absolute atomic E-state index is 0.0632. The van der Waals surface area contributed by atoms with Gasteiger partial charge in [0.25, 0.3) is 0 Å². The Morgan fingerprint density at radius 3 is 2.59 bits per heavy atom. The third-order valence-corrected chi connectivity index (χ3v) is 2.49. The van der Waals surface area contributed by atoms with Crippen LogP contribution in [0.5, 0.6) is 5.75 Å². The summed E-state index contributed by atoms with van der Waals surface area (Å²) in [6.45, 7) is 5.26. The topological polar surface area (TPSA) is 69.4 Å². The molecule has 0 heterocycles. The van der Waals surface area contributed by atoms with Crippen molar-refractivity contribution in [2.45, 2.75) is 20.8 Å². The van der Waals surface area contributed by atoms with Gasteiger partial charge in [-0.15, -0.1) is 0 Å². The van der Waals surface area contributed by atoms with Gasteiger partial charge in [-0.2, -0.15) is 0 Å². The highest BCUT2D eigenvalue weighted by molar-refractivity contribution is 5.96. The highest BCUT2D eigenvalue weighted by Crippen LogP contribution is 2.21. The Kier molecular flexibility index (Phi) is 4.26. The van der Waals surface area contributed by atoms with Crippen LogP contribution >= 0.6 is 0 Å². The number of ketones is 1. The monoisotopic (exact) mass is 235 g/mol. The fourth-order valence-corrected chi connectivity index (χ4v) is 1.34. The second-order valence-electron chi connectivity index (χ2n) is 4.17. The standard InChI is InChI=1S/C13H17NO3/c1-8-4-5-11(10(3)15)12(6-8)17-7-9(2)13(14)16/h4-6,9H,7H2,1-3H3,(H2,14,16). The molecule has 0 bridgehead atoms. The van der Waals surface area contributed by atoms with Gasteiger partial charge in [0.05, 0.1) is 18.1 Å². The molecule has 1 aromatic rings. The fraction of sp³-hybridized carbons (Fsp3) is 0.385.